The summed E-state index contributed by atoms with van der Waals surface area (Å²) >= 11 is 1.37. The number of hydrogen-bond donors (Lipinski definition) is 1. The fraction of sp³-hybridized carbons (Fsp3) is 0.0690. The first kappa shape index (κ1) is 21.9. The molecule has 34 heavy (non-hydrogen) atoms. The average Bonchev–Trinajstić information content (AvgIpc) is 3.43. The largest absolute Gasteiger partial charge is 0.298 e. The second-order valence-corrected chi connectivity index (χ2v) is 8.99. The zero-order valence-corrected chi connectivity index (χ0v) is 19.3. The molecule has 0 bridgehead atoms. The first-order valence-corrected chi connectivity index (χ1v) is 12.1. The van der Waals surface area contributed by atoms with Gasteiger partial charge < -0.3 is 0 Å². The van der Waals surface area contributed by atoms with Crippen molar-refractivity contribution in [2.45, 2.75) is 11.6 Å². The summed E-state index contributed by atoms with van der Waals surface area (Å²) in [5.74, 6) is 0.530. The predicted octanol–water partition coefficient (Wildman–Crippen LogP) is 6.71. The Balaban J connectivity index is 1.39. The molecule has 5 heteroatoms. The SMILES string of the molecule is O=C(CSc1ncn[nH]1)Cc1ccc(-c2cc(-c3ccccc3)cc(-c3ccccc3)c2)cc1. The highest BCUT2D eigenvalue weighted by molar-refractivity contribution is 7.99. The van der Waals surface area contributed by atoms with Gasteiger partial charge in [0, 0.05) is 6.42 Å². The van der Waals surface area contributed by atoms with Crippen LogP contribution in [0.1, 0.15) is 5.56 Å². The number of Topliss-reactive ketones (excluding diaryl/α,β-unsaturated/α-hetero) is 1. The van der Waals surface area contributed by atoms with Crippen molar-refractivity contribution in [2.24, 2.45) is 0 Å². The van der Waals surface area contributed by atoms with Gasteiger partial charge in [0.15, 0.2) is 5.16 Å². The number of hydrogen-bond acceptors (Lipinski definition) is 4. The molecule has 0 fully saturated rings. The Morgan fingerprint density at radius 3 is 1.71 bits per heavy atom. The minimum atomic E-state index is 0.159. The van der Waals surface area contributed by atoms with Crippen LogP contribution in [0.4, 0.5) is 0 Å². The maximum Gasteiger partial charge on any atom is 0.183 e. The van der Waals surface area contributed by atoms with Crippen LogP contribution in [-0.4, -0.2) is 26.7 Å². The third-order valence-electron chi connectivity index (χ3n) is 5.60. The van der Waals surface area contributed by atoms with Crippen molar-refractivity contribution < 1.29 is 4.79 Å². The molecular formula is C29H23N3OS. The topological polar surface area (TPSA) is 58.6 Å². The highest BCUT2D eigenvalue weighted by Crippen LogP contribution is 2.33. The van der Waals surface area contributed by atoms with Gasteiger partial charge >= 0.3 is 0 Å². The zero-order valence-electron chi connectivity index (χ0n) is 18.5. The van der Waals surface area contributed by atoms with Crippen molar-refractivity contribution in [2.75, 3.05) is 5.75 Å². The van der Waals surface area contributed by atoms with Crippen LogP contribution >= 0.6 is 11.8 Å². The molecule has 4 aromatic carbocycles. The van der Waals surface area contributed by atoms with Crippen molar-refractivity contribution in [3.8, 4) is 33.4 Å². The molecule has 0 amide bonds. The van der Waals surface area contributed by atoms with Gasteiger partial charge in [0.2, 0.25) is 0 Å². The van der Waals surface area contributed by atoms with E-state index in [1.165, 1.54) is 40.3 Å². The molecule has 1 N–H and O–H groups in total. The number of carbonyl (C=O) groups excluding carboxylic acids is 1. The number of carbonyl (C=O) groups is 1. The van der Waals surface area contributed by atoms with Crippen molar-refractivity contribution in [1.82, 2.24) is 15.2 Å². The van der Waals surface area contributed by atoms with Crippen LogP contribution in [-0.2, 0) is 11.2 Å². The Kier molecular flexibility index (Phi) is 6.64. The molecule has 0 aliphatic rings. The average molecular weight is 462 g/mol. The van der Waals surface area contributed by atoms with Gasteiger partial charge in [-0.3, -0.25) is 9.89 Å². The number of rotatable bonds is 8. The lowest BCUT2D eigenvalue weighted by molar-refractivity contribution is -0.116. The van der Waals surface area contributed by atoms with Crippen LogP contribution in [0.25, 0.3) is 33.4 Å². The van der Waals surface area contributed by atoms with E-state index in [1.807, 2.05) is 24.3 Å². The first-order chi connectivity index (χ1) is 16.7. The highest BCUT2D eigenvalue weighted by Gasteiger charge is 2.09. The maximum absolute atomic E-state index is 12.4. The number of nitrogens with one attached hydrogen (secondary N) is 1. The minimum absolute atomic E-state index is 0.159. The number of ketones is 1. The molecule has 0 aliphatic carbocycles. The van der Waals surface area contributed by atoms with E-state index in [2.05, 4.69) is 94.0 Å². The predicted molar refractivity (Wildman–Crippen MR) is 139 cm³/mol. The van der Waals surface area contributed by atoms with Crippen molar-refractivity contribution in [3.05, 3.63) is 115 Å². The molecule has 0 unspecified atom stereocenters. The van der Waals surface area contributed by atoms with E-state index in [-0.39, 0.29) is 5.78 Å². The van der Waals surface area contributed by atoms with Crippen LogP contribution in [0.2, 0.25) is 0 Å². The molecule has 0 atom stereocenters. The number of benzene rings is 4. The highest BCUT2D eigenvalue weighted by atomic mass is 32.2. The van der Waals surface area contributed by atoms with Crippen LogP contribution in [0, 0.1) is 0 Å². The smallest absolute Gasteiger partial charge is 0.183 e. The number of aromatic amines is 1. The van der Waals surface area contributed by atoms with E-state index in [9.17, 15) is 4.79 Å². The van der Waals surface area contributed by atoms with E-state index >= 15 is 0 Å². The van der Waals surface area contributed by atoms with E-state index in [0.29, 0.717) is 17.3 Å². The van der Waals surface area contributed by atoms with Crippen LogP contribution in [0.5, 0.6) is 0 Å². The van der Waals surface area contributed by atoms with Gasteiger partial charge in [0.1, 0.15) is 12.1 Å². The quantitative estimate of drug-likeness (QED) is 0.261. The summed E-state index contributed by atoms with van der Waals surface area (Å²) in [6, 6.07) is 35.9. The number of H-pyrrole nitrogens is 1. The summed E-state index contributed by atoms with van der Waals surface area (Å²) in [5, 5.41) is 7.23. The van der Waals surface area contributed by atoms with Crippen molar-refractivity contribution in [3.63, 3.8) is 0 Å². The molecule has 0 saturated carbocycles. The zero-order chi connectivity index (χ0) is 23.2. The maximum atomic E-state index is 12.4. The van der Waals surface area contributed by atoms with Gasteiger partial charge in [-0.1, -0.05) is 96.7 Å². The Morgan fingerprint density at radius 2 is 1.21 bits per heavy atom. The third kappa shape index (κ3) is 5.33. The van der Waals surface area contributed by atoms with Gasteiger partial charge in [-0.25, -0.2) is 4.98 Å². The Bertz CT molecular complexity index is 1310. The monoisotopic (exact) mass is 461 g/mol. The molecule has 5 aromatic rings. The van der Waals surface area contributed by atoms with Crippen LogP contribution in [0.15, 0.2) is 115 Å². The van der Waals surface area contributed by atoms with E-state index < -0.39 is 0 Å². The summed E-state index contributed by atoms with van der Waals surface area (Å²) < 4.78 is 0. The molecule has 0 saturated heterocycles. The minimum Gasteiger partial charge on any atom is -0.298 e. The third-order valence-corrected chi connectivity index (χ3v) is 6.54. The Morgan fingerprint density at radius 1 is 0.676 bits per heavy atom. The second-order valence-electron chi connectivity index (χ2n) is 8.02. The summed E-state index contributed by atoms with van der Waals surface area (Å²) in [6.07, 6.45) is 1.85. The first-order valence-electron chi connectivity index (χ1n) is 11.1. The molecule has 0 spiro atoms. The van der Waals surface area contributed by atoms with Crippen LogP contribution in [0.3, 0.4) is 0 Å². The Hall–Kier alpha value is -3.96. The van der Waals surface area contributed by atoms with Gasteiger partial charge in [0.25, 0.3) is 0 Å². The van der Waals surface area contributed by atoms with Gasteiger partial charge in [-0.05, 0) is 57.1 Å². The summed E-state index contributed by atoms with van der Waals surface area (Å²) in [5.41, 5.74) is 8.03. The summed E-state index contributed by atoms with van der Waals surface area (Å²) in [6.45, 7) is 0. The fourth-order valence-electron chi connectivity index (χ4n) is 3.90. The number of aromatic nitrogens is 3. The molecule has 5 rings (SSSR count). The molecule has 1 heterocycles. The Labute approximate surface area is 203 Å². The fourth-order valence-corrected chi connectivity index (χ4v) is 4.53. The van der Waals surface area contributed by atoms with E-state index in [1.54, 1.807) is 0 Å². The van der Waals surface area contributed by atoms with Gasteiger partial charge in [0.05, 0.1) is 5.75 Å². The molecule has 166 valence electrons. The second kappa shape index (κ2) is 10.3. The molecule has 0 radical (unpaired) electrons. The lowest BCUT2D eigenvalue weighted by atomic mass is 9.93. The standard InChI is InChI=1S/C29H23N3OS/c33-28(19-34-29-30-20-31-32-29)15-21-11-13-24(14-12-21)27-17-25(22-7-3-1-4-8-22)16-26(18-27)23-9-5-2-6-10-23/h1-14,16-18,20H,15,19H2,(H,30,31,32). The molecule has 1 aromatic heterocycles. The number of thioether (sulfide) groups is 1. The van der Waals surface area contributed by atoms with Gasteiger partial charge in [-0.2, -0.15) is 5.10 Å². The number of nitrogens with zero attached hydrogens (tertiary/aromatic N) is 2. The summed E-state index contributed by atoms with van der Waals surface area (Å²) in [7, 11) is 0. The van der Waals surface area contributed by atoms with Crippen molar-refractivity contribution >= 4 is 17.5 Å². The lowest BCUT2D eigenvalue weighted by Crippen LogP contribution is -2.05. The lowest BCUT2D eigenvalue weighted by Gasteiger charge is -2.12. The molecule has 4 nitrogen and oxygen atoms in total. The molecule has 0 aliphatic heterocycles. The van der Waals surface area contributed by atoms with Crippen LogP contribution < -0.4 is 0 Å². The summed E-state index contributed by atoms with van der Waals surface area (Å²) in [4.78, 5) is 16.4. The normalized spacial score (nSPS) is 10.8. The van der Waals surface area contributed by atoms with E-state index in [0.717, 1.165) is 16.7 Å². The van der Waals surface area contributed by atoms with Gasteiger partial charge in [-0.15, -0.1) is 0 Å². The van der Waals surface area contributed by atoms with Crippen molar-refractivity contribution in [1.29, 1.82) is 0 Å². The molecular weight excluding hydrogens is 438 g/mol. The van der Waals surface area contributed by atoms with E-state index in [4.69, 9.17) is 0 Å².